The van der Waals surface area contributed by atoms with Crippen molar-refractivity contribution >= 4 is 17.5 Å². The minimum Gasteiger partial charge on any atom is -0.377 e. The number of hydrazine groups is 1. The number of morpholine rings is 1. The van der Waals surface area contributed by atoms with E-state index in [4.69, 9.17) is 10.6 Å². The lowest BCUT2D eigenvalue weighted by Crippen LogP contribution is -2.54. The third-order valence-corrected chi connectivity index (χ3v) is 3.42. The highest BCUT2D eigenvalue weighted by Crippen LogP contribution is 2.26. The van der Waals surface area contributed by atoms with Crippen LogP contribution in [0.4, 0.5) is 11.6 Å². The summed E-state index contributed by atoms with van der Waals surface area (Å²) in [5.74, 6) is 7.32. The van der Waals surface area contributed by atoms with Gasteiger partial charge < -0.3 is 20.4 Å². The molecule has 0 bridgehead atoms. The van der Waals surface area contributed by atoms with Gasteiger partial charge in [-0.05, 0) is 20.8 Å². The van der Waals surface area contributed by atoms with Crippen molar-refractivity contribution in [1.82, 2.24) is 15.3 Å². The monoisotopic (exact) mass is 294 g/mol. The lowest BCUT2D eigenvalue weighted by molar-refractivity contribution is -0.124. The second kappa shape index (κ2) is 6.68. The van der Waals surface area contributed by atoms with E-state index in [1.54, 1.807) is 6.92 Å². The number of anilines is 2. The summed E-state index contributed by atoms with van der Waals surface area (Å²) in [6, 6.07) is -0.391. The van der Waals surface area contributed by atoms with E-state index in [0.29, 0.717) is 37.9 Å². The van der Waals surface area contributed by atoms with E-state index in [1.807, 2.05) is 18.7 Å². The highest BCUT2D eigenvalue weighted by atomic mass is 16.5. The van der Waals surface area contributed by atoms with Crippen LogP contribution in [0.3, 0.4) is 0 Å². The largest absolute Gasteiger partial charge is 0.377 e. The van der Waals surface area contributed by atoms with Crippen LogP contribution in [0, 0.1) is 13.8 Å². The average molecular weight is 294 g/mol. The quantitative estimate of drug-likeness (QED) is 0.518. The number of ether oxygens (including phenoxy) is 1. The van der Waals surface area contributed by atoms with Crippen molar-refractivity contribution in [3.05, 3.63) is 11.4 Å². The Morgan fingerprint density at radius 1 is 1.48 bits per heavy atom. The minimum atomic E-state index is -0.391. The van der Waals surface area contributed by atoms with Crippen LogP contribution in [0.5, 0.6) is 0 Å². The van der Waals surface area contributed by atoms with Gasteiger partial charge >= 0.3 is 0 Å². The maximum atomic E-state index is 12.2. The van der Waals surface area contributed by atoms with Gasteiger partial charge in [-0.3, -0.25) is 4.79 Å². The number of nitrogens with two attached hydrogens (primary N) is 1. The van der Waals surface area contributed by atoms with Crippen molar-refractivity contribution in [3.63, 3.8) is 0 Å². The first-order valence-electron chi connectivity index (χ1n) is 7.02. The van der Waals surface area contributed by atoms with E-state index >= 15 is 0 Å². The molecule has 0 aliphatic carbocycles. The third-order valence-electron chi connectivity index (χ3n) is 3.42. The molecule has 4 N–H and O–H groups in total. The smallest absolute Gasteiger partial charge is 0.245 e. The number of hydrogen-bond donors (Lipinski definition) is 3. The molecule has 1 atom stereocenters. The molecule has 1 aliphatic rings. The van der Waals surface area contributed by atoms with Crippen LogP contribution < -0.4 is 21.5 Å². The zero-order valence-electron chi connectivity index (χ0n) is 12.6. The maximum absolute atomic E-state index is 12.2. The number of amides is 1. The highest BCUT2D eigenvalue weighted by molar-refractivity contribution is 5.85. The number of carbonyl (C=O) groups excluding carboxylic acids is 1. The van der Waals surface area contributed by atoms with Gasteiger partial charge in [0, 0.05) is 18.7 Å². The molecule has 1 aliphatic heterocycles. The number of likely N-dealkylation sites (N-methyl/N-ethyl adjacent to an activating group) is 1. The summed E-state index contributed by atoms with van der Waals surface area (Å²) in [6.07, 6.45) is 0. The average Bonchev–Trinajstić information content (AvgIpc) is 2.49. The molecular formula is C13H22N6O2. The first kappa shape index (κ1) is 15.5. The van der Waals surface area contributed by atoms with E-state index < -0.39 is 6.04 Å². The number of rotatable bonds is 4. The molecule has 8 heteroatoms. The topological polar surface area (TPSA) is 105 Å². The molecule has 116 valence electrons. The van der Waals surface area contributed by atoms with Gasteiger partial charge in [-0.15, -0.1) is 0 Å². The number of aromatic nitrogens is 2. The summed E-state index contributed by atoms with van der Waals surface area (Å²) in [6.45, 7) is 7.66. The Morgan fingerprint density at radius 3 is 2.90 bits per heavy atom. The Balaban J connectivity index is 2.37. The van der Waals surface area contributed by atoms with Crippen molar-refractivity contribution < 1.29 is 9.53 Å². The van der Waals surface area contributed by atoms with Crippen LogP contribution >= 0.6 is 0 Å². The zero-order valence-corrected chi connectivity index (χ0v) is 12.6. The Bertz CT molecular complexity index is 522. The standard InChI is InChI=1S/C13H22N6O2/c1-4-15-13(20)10-7-21-6-5-19(10)12-8(2)11(18-14)16-9(3)17-12/h10H,4-7,14H2,1-3H3,(H,15,20)(H,16,17,18). The Hall–Kier alpha value is -1.93. The second-order valence-electron chi connectivity index (χ2n) is 4.89. The van der Waals surface area contributed by atoms with Crippen LogP contribution in [0.25, 0.3) is 0 Å². The molecule has 21 heavy (non-hydrogen) atoms. The minimum absolute atomic E-state index is 0.0601. The first-order valence-corrected chi connectivity index (χ1v) is 7.02. The number of carbonyl (C=O) groups is 1. The molecule has 1 fully saturated rings. The summed E-state index contributed by atoms with van der Waals surface area (Å²) < 4.78 is 5.44. The van der Waals surface area contributed by atoms with E-state index in [2.05, 4.69) is 20.7 Å². The summed E-state index contributed by atoms with van der Waals surface area (Å²) in [5, 5.41) is 2.83. The maximum Gasteiger partial charge on any atom is 0.245 e. The molecule has 1 aromatic heterocycles. The Labute approximate surface area is 124 Å². The molecule has 0 aromatic carbocycles. The normalized spacial score (nSPS) is 18.5. The van der Waals surface area contributed by atoms with E-state index in [1.165, 1.54) is 0 Å². The summed E-state index contributed by atoms with van der Waals surface area (Å²) in [4.78, 5) is 22.9. The van der Waals surface area contributed by atoms with Gasteiger partial charge in [-0.25, -0.2) is 15.8 Å². The van der Waals surface area contributed by atoms with Gasteiger partial charge in [0.25, 0.3) is 0 Å². The molecule has 1 unspecified atom stereocenters. The van der Waals surface area contributed by atoms with Crippen molar-refractivity contribution in [2.24, 2.45) is 5.84 Å². The van der Waals surface area contributed by atoms with E-state index in [0.717, 1.165) is 11.4 Å². The van der Waals surface area contributed by atoms with Gasteiger partial charge in [0.05, 0.1) is 13.2 Å². The molecule has 1 aromatic rings. The van der Waals surface area contributed by atoms with Gasteiger partial charge in [0.15, 0.2) is 0 Å². The zero-order chi connectivity index (χ0) is 15.4. The lowest BCUT2D eigenvalue weighted by atomic mass is 10.1. The Morgan fingerprint density at radius 2 is 2.24 bits per heavy atom. The Kier molecular flexibility index (Phi) is 4.92. The van der Waals surface area contributed by atoms with Gasteiger partial charge in [-0.1, -0.05) is 0 Å². The molecule has 2 heterocycles. The van der Waals surface area contributed by atoms with Crippen molar-refractivity contribution in [2.45, 2.75) is 26.8 Å². The van der Waals surface area contributed by atoms with Crippen molar-refractivity contribution in [3.8, 4) is 0 Å². The number of nitrogens with zero attached hydrogens (tertiary/aromatic N) is 3. The van der Waals surface area contributed by atoms with Gasteiger partial charge in [0.2, 0.25) is 5.91 Å². The van der Waals surface area contributed by atoms with Crippen LogP contribution in [0.2, 0.25) is 0 Å². The number of nitrogens with one attached hydrogen (secondary N) is 2. The molecule has 0 radical (unpaired) electrons. The molecule has 0 spiro atoms. The fourth-order valence-electron chi connectivity index (χ4n) is 2.40. The molecule has 1 saturated heterocycles. The fourth-order valence-corrected chi connectivity index (χ4v) is 2.40. The highest BCUT2D eigenvalue weighted by Gasteiger charge is 2.31. The van der Waals surface area contributed by atoms with Crippen LogP contribution in [-0.4, -0.2) is 48.2 Å². The summed E-state index contributed by atoms with van der Waals surface area (Å²) >= 11 is 0. The van der Waals surface area contributed by atoms with Crippen LogP contribution in [-0.2, 0) is 9.53 Å². The van der Waals surface area contributed by atoms with Crippen molar-refractivity contribution in [1.29, 1.82) is 0 Å². The summed E-state index contributed by atoms with van der Waals surface area (Å²) in [7, 11) is 0. The van der Waals surface area contributed by atoms with E-state index in [-0.39, 0.29) is 5.91 Å². The molecule has 2 rings (SSSR count). The fraction of sp³-hybridized carbons (Fsp3) is 0.615. The third kappa shape index (κ3) is 3.22. The SMILES string of the molecule is CCNC(=O)C1COCCN1c1nc(C)nc(NN)c1C. The number of aryl methyl sites for hydroxylation is 1. The molecular weight excluding hydrogens is 272 g/mol. The van der Waals surface area contributed by atoms with Crippen LogP contribution in [0.15, 0.2) is 0 Å². The molecule has 8 nitrogen and oxygen atoms in total. The predicted octanol–water partition coefficient (Wildman–Crippen LogP) is -0.280. The van der Waals surface area contributed by atoms with Crippen LogP contribution in [0.1, 0.15) is 18.3 Å². The molecule has 1 amide bonds. The van der Waals surface area contributed by atoms with Crippen molar-refractivity contribution in [2.75, 3.05) is 36.6 Å². The first-order chi connectivity index (χ1) is 10.1. The second-order valence-corrected chi connectivity index (χ2v) is 4.89. The van der Waals surface area contributed by atoms with Gasteiger partial charge in [-0.2, -0.15) is 0 Å². The lowest BCUT2D eigenvalue weighted by Gasteiger charge is -2.36. The number of hydrogen-bond acceptors (Lipinski definition) is 7. The number of nitrogen functional groups attached to an aromatic ring is 1. The van der Waals surface area contributed by atoms with E-state index in [9.17, 15) is 4.79 Å². The molecule has 0 saturated carbocycles. The predicted molar refractivity (Wildman–Crippen MR) is 80.0 cm³/mol. The van der Waals surface area contributed by atoms with Gasteiger partial charge in [0.1, 0.15) is 23.5 Å². The summed E-state index contributed by atoms with van der Waals surface area (Å²) in [5.41, 5.74) is 3.39.